The molecule has 5 fully saturated rings. The summed E-state index contributed by atoms with van der Waals surface area (Å²) in [6.45, 7) is 1.92. The molecule has 47 heavy (non-hydrogen) atoms. The molecule has 7 rings (SSSR count). The van der Waals surface area contributed by atoms with Crippen molar-refractivity contribution in [1.82, 2.24) is 29.6 Å². The molecule has 3 saturated carbocycles. The van der Waals surface area contributed by atoms with Gasteiger partial charge in [-0.1, -0.05) is 57.8 Å². The van der Waals surface area contributed by atoms with E-state index in [4.69, 9.17) is 4.74 Å². The lowest BCUT2D eigenvalue weighted by Gasteiger charge is -2.48. The van der Waals surface area contributed by atoms with Crippen LogP contribution in [0.5, 0.6) is 0 Å². The summed E-state index contributed by atoms with van der Waals surface area (Å²) in [6, 6.07) is 1.16. The largest absolute Gasteiger partial charge is 0.418 e. The number of fused-ring (bicyclic) bond motifs is 1. The van der Waals surface area contributed by atoms with Gasteiger partial charge in [-0.3, -0.25) is 18.8 Å². The van der Waals surface area contributed by atoms with Crippen molar-refractivity contribution in [3.8, 4) is 0 Å². The summed E-state index contributed by atoms with van der Waals surface area (Å²) in [5.41, 5.74) is 7.00. The molecule has 2 saturated heterocycles. The lowest BCUT2D eigenvalue weighted by atomic mass is 9.64. The molecule has 0 aromatic carbocycles. The molecule has 11 heteroatoms. The maximum Gasteiger partial charge on any atom is 0.418 e. The van der Waals surface area contributed by atoms with Crippen molar-refractivity contribution < 1.29 is 17.9 Å². The van der Waals surface area contributed by atoms with Crippen molar-refractivity contribution in [2.24, 2.45) is 17.8 Å². The molecular formula is C36H55F3N6O2. The van der Waals surface area contributed by atoms with Crippen LogP contribution in [-0.4, -0.2) is 63.9 Å². The van der Waals surface area contributed by atoms with E-state index in [9.17, 15) is 18.0 Å². The Balaban J connectivity index is 1.14. The number of hydrogen-bond acceptors (Lipinski definition) is 6. The van der Waals surface area contributed by atoms with Crippen LogP contribution in [0, 0.1) is 17.8 Å². The first-order chi connectivity index (χ1) is 22.7. The second kappa shape index (κ2) is 13.8. The van der Waals surface area contributed by atoms with Gasteiger partial charge in [0.1, 0.15) is 0 Å². The highest BCUT2D eigenvalue weighted by Crippen LogP contribution is 2.48. The first-order valence-electron chi connectivity index (χ1n) is 18.5. The minimum Gasteiger partial charge on any atom is -0.381 e. The Kier molecular flexibility index (Phi) is 9.84. The Bertz CT molecular complexity index is 1420. The number of nitrogens with one attached hydrogen (secondary N) is 2. The summed E-state index contributed by atoms with van der Waals surface area (Å²) < 4.78 is 51.9. The van der Waals surface area contributed by atoms with E-state index in [1.807, 2.05) is 0 Å². The van der Waals surface area contributed by atoms with E-state index in [2.05, 4.69) is 27.7 Å². The lowest BCUT2D eigenvalue weighted by molar-refractivity contribution is -0.136. The van der Waals surface area contributed by atoms with E-state index in [0.717, 1.165) is 64.5 Å². The van der Waals surface area contributed by atoms with Crippen molar-refractivity contribution in [2.75, 3.05) is 27.2 Å². The Morgan fingerprint density at radius 1 is 0.936 bits per heavy atom. The third-order valence-corrected chi connectivity index (χ3v) is 12.8. The molecule has 0 amide bonds. The fourth-order valence-corrected chi connectivity index (χ4v) is 9.91. The SMILES string of the molecule is COC1CCN(Cc2cc(C(F)(F)F)c3cn(C4CCCC([C@H](C5CCC5)C5NNC6(CCCCCCC6)N5C)C4)c(=O)n3c2)CC1. The van der Waals surface area contributed by atoms with E-state index >= 15 is 0 Å². The van der Waals surface area contributed by atoms with E-state index in [1.165, 1.54) is 68.0 Å². The van der Waals surface area contributed by atoms with Gasteiger partial charge in [0.25, 0.3) is 0 Å². The normalized spacial score (nSPS) is 29.6. The van der Waals surface area contributed by atoms with Gasteiger partial charge in [0.05, 0.1) is 29.0 Å². The quantitative estimate of drug-likeness (QED) is 0.346. The third kappa shape index (κ3) is 6.68. The van der Waals surface area contributed by atoms with Crippen LogP contribution in [0.2, 0.25) is 0 Å². The molecule has 2 aromatic rings. The Labute approximate surface area is 277 Å². The van der Waals surface area contributed by atoms with E-state index in [-0.39, 0.29) is 35.2 Å². The first kappa shape index (κ1) is 33.6. The number of rotatable bonds is 7. The van der Waals surface area contributed by atoms with Gasteiger partial charge in [-0.2, -0.15) is 13.2 Å². The van der Waals surface area contributed by atoms with Crippen LogP contribution in [0.4, 0.5) is 13.2 Å². The number of hydrazine groups is 1. The number of nitrogens with zero attached hydrogens (tertiary/aromatic N) is 4. The topological polar surface area (TPSA) is 66.2 Å². The molecule has 1 spiro atoms. The van der Waals surface area contributed by atoms with E-state index in [1.54, 1.807) is 17.9 Å². The van der Waals surface area contributed by atoms with Gasteiger partial charge in [0.15, 0.2) is 0 Å². The molecular weight excluding hydrogens is 605 g/mol. The highest BCUT2D eigenvalue weighted by atomic mass is 19.4. The van der Waals surface area contributed by atoms with Gasteiger partial charge >= 0.3 is 11.9 Å². The molecule has 0 bridgehead atoms. The van der Waals surface area contributed by atoms with Crippen molar-refractivity contribution in [1.29, 1.82) is 0 Å². The number of alkyl halides is 3. The van der Waals surface area contributed by atoms with Gasteiger partial charge in [-0.25, -0.2) is 15.6 Å². The number of pyridine rings is 1. The first-order valence-corrected chi connectivity index (χ1v) is 18.5. The summed E-state index contributed by atoms with van der Waals surface area (Å²) in [5, 5.41) is 0. The number of halogens is 3. The molecule has 3 unspecified atom stereocenters. The Morgan fingerprint density at radius 2 is 1.62 bits per heavy atom. The van der Waals surface area contributed by atoms with Crippen LogP contribution >= 0.6 is 0 Å². The standard InChI is InChI=1S/C36H55F3N6O2/c1-42-33(40-41-35(42)16-6-4-3-5-7-17-35)32(26-10-8-11-26)27-12-9-13-28(21-27)44-24-31-30(36(37,38)39)20-25(23-45(31)34(44)46)22-43-18-14-29(47-2)15-19-43/h20,23-24,26-29,32-33,40-41H,3-19,21-22H2,1-2H3/t27?,28?,32-,33?/m0/s1. The van der Waals surface area contributed by atoms with Crippen molar-refractivity contribution in [2.45, 2.75) is 139 Å². The smallest absolute Gasteiger partial charge is 0.381 e. The van der Waals surface area contributed by atoms with Crippen LogP contribution in [0.1, 0.15) is 120 Å². The second-order valence-corrected chi connectivity index (χ2v) is 15.5. The molecule has 0 radical (unpaired) electrons. The number of likely N-dealkylation sites (tertiary alicyclic amines) is 1. The number of aromatic nitrogens is 2. The summed E-state index contributed by atoms with van der Waals surface area (Å²) in [4.78, 5) is 18.8. The molecule has 3 aliphatic carbocycles. The zero-order valence-electron chi connectivity index (χ0n) is 28.4. The van der Waals surface area contributed by atoms with Crippen LogP contribution in [0.15, 0.2) is 23.3 Å². The van der Waals surface area contributed by atoms with Crippen LogP contribution in [0.25, 0.3) is 5.52 Å². The van der Waals surface area contributed by atoms with Crippen LogP contribution in [-0.2, 0) is 17.5 Å². The monoisotopic (exact) mass is 660 g/mol. The fraction of sp³-hybridized carbons (Fsp3) is 0.806. The number of methoxy groups -OCH3 is 1. The highest BCUT2D eigenvalue weighted by molar-refractivity contribution is 5.56. The minimum absolute atomic E-state index is 0.0104. The molecule has 2 aliphatic heterocycles. The summed E-state index contributed by atoms with van der Waals surface area (Å²) >= 11 is 0. The van der Waals surface area contributed by atoms with Gasteiger partial charge < -0.3 is 4.74 Å². The predicted octanol–water partition coefficient (Wildman–Crippen LogP) is 6.68. The number of piperidine rings is 1. The summed E-state index contributed by atoms with van der Waals surface area (Å²) in [6.07, 6.45) is 16.9. The molecule has 8 nitrogen and oxygen atoms in total. The molecule has 5 aliphatic rings. The van der Waals surface area contributed by atoms with E-state index < -0.39 is 11.7 Å². The maximum absolute atomic E-state index is 14.5. The minimum atomic E-state index is -4.55. The zero-order valence-corrected chi connectivity index (χ0v) is 28.4. The lowest BCUT2D eigenvalue weighted by Crippen LogP contribution is -2.54. The maximum atomic E-state index is 14.5. The average Bonchev–Trinajstić information content (AvgIpc) is 3.52. The zero-order chi connectivity index (χ0) is 32.8. The van der Waals surface area contributed by atoms with Gasteiger partial charge in [-0.15, -0.1) is 0 Å². The fourth-order valence-electron chi connectivity index (χ4n) is 9.91. The van der Waals surface area contributed by atoms with Gasteiger partial charge in [-0.05, 0) is 81.4 Å². The van der Waals surface area contributed by atoms with Crippen molar-refractivity contribution >= 4 is 5.52 Å². The Hall–Kier alpha value is -1.92. The second-order valence-electron chi connectivity index (χ2n) is 15.5. The van der Waals surface area contributed by atoms with Crippen molar-refractivity contribution in [3.63, 3.8) is 0 Å². The van der Waals surface area contributed by atoms with Gasteiger partial charge in [0, 0.05) is 45.2 Å². The molecule has 2 aromatic heterocycles. The van der Waals surface area contributed by atoms with Crippen LogP contribution < -0.4 is 16.5 Å². The molecule has 262 valence electrons. The Morgan fingerprint density at radius 3 is 2.28 bits per heavy atom. The average molecular weight is 661 g/mol. The van der Waals surface area contributed by atoms with E-state index in [0.29, 0.717) is 29.9 Å². The summed E-state index contributed by atoms with van der Waals surface area (Å²) in [5.74, 6) is 1.50. The summed E-state index contributed by atoms with van der Waals surface area (Å²) in [7, 11) is 4.01. The number of hydrogen-bond donors (Lipinski definition) is 2. The molecule has 2 N–H and O–H groups in total. The van der Waals surface area contributed by atoms with Gasteiger partial charge in [0.2, 0.25) is 0 Å². The third-order valence-electron chi connectivity index (χ3n) is 12.8. The number of ether oxygens (including phenoxy) is 1. The predicted molar refractivity (Wildman–Crippen MR) is 177 cm³/mol. The van der Waals surface area contributed by atoms with Crippen molar-refractivity contribution in [3.05, 3.63) is 40.1 Å². The number of imidazole rings is 1. The highest BCUT2D eigenvalue weighted by Gasteiger charge is 2.50. The molecule has 4 heterocycles. The molecule has 4 atom stereocenters. The van der Waals surface area contributed by atoms with Crippen LogP contribution in [0.3, 0.4) is 0 Å².